The van der Waals surface area contributed by atoms with Crippen molar-refractivity contribution in [3.05, 3.63) is 17.5 Å². The highest BCUT2D eigenvalue weighted by Crippen LogP contribution is 2.29. The van der Waals surface area contributed by atoms with Crippen molar-refractivity contribution < 1.29 is 19.4 Å². The van der Waals surface area contributed by atoms with E-state index >= 15 is 0 Å². The molecule has 1 aliphatic heterocycles. The third-order valence-electron chi connectivity index (χ3n) is 3.87. The Balaban J connectivity index is 2.27. The van der Waals surface area contributed by atoms with Crippen LogP contribution < -0.4 is 0 Å². The summed E-state index contributed by atoms with van der Waals surface area (Å²) in [5, 5.41) is 14.9. The molecule has 0 aromatic carbocycles. The normalized spacial score (nSPS) is 20.8. The van der Waals surface area contributed by atoms with Gasteiger partial charge >= 0.3 is 6.09 Å². The van der Waals surface area contributed by atoms with Gasteiger partial charge < -0.3 is 14.6 Å². The number of methoxy groups -OCH3 is 1. The molecule has 1 N–H and O–H groups in total. The molecule has 1 amide bonds. The zero-order chi connectivity index (χ0) is 17.4. The number of carbonyl (C=O) groups excluding carboxylic acids is 1. The smallest absolute Gasteiger partial charge is 0.410 e. The van der Waals surface area contributed by atoms with Crippen LogP contribution in [0.15, 0.2) is 6.20 Å². The van der Waals surface area contributed by atoms with Gasteiger partial charge in [-0.15, -0.1) is 0 Å². The Kier molecular flexibility index (Phi) is 4.73. The van der Waals surface area contributed by atoms with Gasteiger partial charge in [-0.2, -0.15) is 5.10 Å². The first-order chi connectivity index (χ1) is 10.5. The number of fused-ring (bicyclic) bond motifs is 1. The summed E-state index contributed by atoms with van der Waals surface area (Å²) in [5.41, 5.74) is -0.197. The maximum Gasteiger partial charge on any atom is 0.410 e. The predicted octanol–water partition coefficient (Wildman–Crippen LogP) is 1.88. The summed E-state index contributed by atoms with van der Waals surface area (Å²) in [6, 6.07) is -0.0301. The summed E-state index contributed by atoms with van der Waals surface area (Å²) in [6.45, 7) is 10.3. The molecule has 130 valence electrons. The van der Waals surface area contributed by atoms with Gasteiger partial charge in [-0.3, -0.25) is 9.58 Å². The summed E-state index contributed by atoms with van der Waals surface area (Å²) in [5.74, 6) is 0. The Morgan fingerprint density at radius 1 is 1.43 bits per heavy atom. The van der Waals surface area contributed by atoms with E-state index in [0.29, 0.717) is 18.7 Å². The van der Waals surface area contributed by atoms with Crippen molar-refractivity contribution in [3.63, 3.8) is 0 Å². The molecule has 23 heavy (non-hydrogen) atoms. The Morgan fingerprint density at radius 3 is 2.65 bits per heavy atom. The highest BCUT2D eigenvalue weighted by Gasteiger charge is 2.36. The monoisotopic (exact) mass is 325 g/mol. The van der Waals surface area contributed by atoms with Crippen LogP contribution in [0.3, 0.4) is 0 Å². The first-order valence-electron chi connectivity index (χ1n) is 7.81. The van der Waals surface area contributed by atoms with E-state index in [4.69, 9.17) is 9.47 Å². The molecular formula is C16H27N3O4. The second kappa shape index (κ2) is 6.13. The molecule has 1 unspecified atom stereocenters. The van der Waals surface area contributed by atoms with E-state index in [1.165, 1.54) is 0 Å². The highest BCUT2D eigenvalue weighted by atomic mass is 16.6. The van der Waals surface area contributed by atoms with E-state index in [9.17, 15) is 9.90 Å². The fourth-order valence-electron chi connectivity index (χ4n) is 2.77. The van der Waals surface area contributed by atoms with Crippen molar-refractivity contribution in [2.24, 2.45) is 0 Å². The molecule has 0 bridgehead atoms. The van der Waals surface area contributed by atoms with Crippen LogP contribution in [-0.2, 0) is 28.2 Å². The Hall–Kier alpha value is -1.60. The predicted molar refractivity (Wildman–Crippen MR) is 84.9 cm³/mol. The molecule has 0 radical (unpaired) electrons. The van der Waals surface area contributed by atoms with E-state index in [2.05, 4.69) is 5.10 Å². The van der Waals surface area contributed by atoms with Gasteiger partial charge in [0, 0.05) is 12.7 Å². The number of hydrogen-bond acceptors (Lipinski definition) is 5. The molecular weight excluding hydrogens is 298 g/mol. The third-order valence-corrected chi connectivity index (χ3v) is 3.87. The zero-order valence-electron chi connectivity index (χ0n) is 14.8. The molecule has 2 heterocycles. The fourth-order valence-corrected chi connectivity index (χ4v) is 2.77. The van der Waals surface area contributed by atoms with E-state index in [0.717, 1.165) is 5.69 Å². The molecule has 0 saturated heterocycles. The fraction of sp³-hybridized carbons (Fsp3) is 0.750. The van der Waals surface area contributed by atoms with Gasteiger partial charge in [-0.25, -0.2) is 4.79 Å². The maximum absolute atomic E-state index is 12.4. The molecule has 0 saturated carbocycles. The summed E-state index contributed by atoms with van der Waals surface area (Å²) in [7, 11) is 1.54. The van der Waals surface area contributed by atoms with Gasteiger partial charge in [-0.05, 0) is 34.6 Å². The lowest BCUT2D eigenvalue weighted by Crippen LogP contribution is -2.47. The zero-order valence-corrected chi connectivity index (χ0v) is 14.8. The quantitative estimate of drug-likeness (QED) is 0.918. The number of rotatable bonds is 3. The molecule has 0 spiro atoms. The van der Waals surface area contributed by atoms with Crippen molar-refractivity contribution in [2.45, 2.75) is 65.0 Å². The molecule has 1 aromatic heterocycles. The minimum atomic E-state index is -1.15. The van der Waals surface area contributed by atoms with Crippen LogP contribution in [-0.4, -0.2) is 51.2 Å². The summed E-state index contributed by atoms with van der Waals surface area (Å²) in [4.78, 5) is 14.1. The van der Waals surface area contributed by atoms with E-state index in [1.807, 2.05) is 32.4 Å². The van der Waals surface area contributed by atoms with Crippen molar-refractivity contribution in [1.29, 1.82) is 0 Å². The van der Waals surface area contributed by atoms with E-state index in [-0.39, 0.29) is 18.7 Å². The number of nitrogens with zero attached hydrogens (tertiary/aromatic N) is 3. The van der Waals surface area contributed by atoms with Crippen LogP contribution in [0.5, 0.6) is 0 Å². The van der Waals surface area contributed by atoms with Gasteiger partial charge in [0.2, 0.25) is 0 Å². The molecule has 2 rings (SSSR count). The van der Waals surface area contributed by atoms with Crippen molar-refractivity contribution in [2.75, 3.05) is 13.7 Å². The lowest BCUT2D eigenvalue weighted by molar-refractivity contribution is -0.0235. The standard InChI is InChI=1S/C16H27N3O4/c1-11-8-19-13(9-18(11)14(20)23-15(2,3)4)12(7-17-19)16(5,21)10-22-6/h7,11,21H,8-10H2,1-6H3/t11-,16?/m0/s1. The van der Waals surface area contributed by atoms with Gasteiger partial charge in [0.1, 0.15) is 11.2 Å². The maximum atomic E-state index is 12.4. The summed E-state index contributed by atoms with van der Waals surface area (Å²) < 4.78 is 12.4. The number of aromatic nitrogens is 2. The van der Waals surface area contributed by atoms with Crippen LogP contribution in [0, 0.1) is 0 Å². The van der Waals surface area contributed by atoms with Gasteiger partial charge in [0.05, 0.1) is 37.6 Å². The lowest BCUT2D eigenvalue weighted by Gasteiger charge is -2.36. The second-order valence-corrected chi connectivity index (χ2v) is 7.35. The van der Waals surface area contributed by atoms with Crippen molar-refractivity contribution in [3.8, 4) is 0 Å². The van der Waals surface area contributed by atoms with Crippen molar-refractivity contribution in [1.82, 2.24) is 14.7 Å². The topological polar surface area (TPSA) is 76.8 Å². The third kappa shape index (κ3) is 3.84. The Morgan fingerprint density at radius 2 is 2.09 bits per heavy atom. The molecule has 1 aromatic rings. The Labute approximate surface area is 137 Å². The van der Waals surface area contributed by atoms with E-state index in [1.54, 1.807) is 25.1 Å². The first-order valence-corrected chi connectivity index (χ1v) is 7.81. The average molecular weight is 325 g/mol. The average Bonchev–Trinajstić information content (AvgIpc) is 2.78. The Bertz CT molecular complexity index is 574. The number of carbonyl (C=O) groups is 1. The SMILES string of the molecule is COCC(C)(O)c1cnn2c1CN(C(=O)OC(C)(C)C)[C@@H](C)C2. The highest BCUT2D eigenvalue weighted by molar-refractivity contribution is 5.68. The minimum Gasteiger partial charge on any atom is -0.444 e. The largest absolute Gasteiger partial charge is 0.444 e. The molecule has 2 atom stereocenters. The molecule has 0 fully saturated rings. The molecule has 7 nitrogen and oxygen atoms in total. The van der Waals surface area contributed by atoms with Gasteiger partial charge in [0.15, 0.2) is 0 Å². The summed E-state index contributed by atoms with van der Waals surface area (Å²) >= 11 is 0. The minimum absolute atomic E-state index is 0.0301. The first kappa shape index (κ1) is 17.7. The van der Waals surface area contributed by atoms with Crippen LogP contribution in [0.1, 0.15) is 45.9 Å². The van der Waals surface area contributed by atoms with Crippen LogP contribution in [0.25, 0.3) is 0 Å². The van der Waals surface area contributed by atoms with E-state index < -0.39 is 11.2 Å². The van der Waals surface area contributed by atoms with Crippen LogP contribution in [0.4, 0.5) is 4.79 Å². The lowest BCUT2D eigenvalue weighted by atomic mass is 9.96. The van der Waals surface area contributed by atoms with Gasteiger partial charge in [0.25, 0.3) is 0 Å². The van der Waals surface area contributed by atoms with Gasteiger partial charge in [-0.1, -0.05) is 0 Å². The number of ether oxygens (including phenoxy) is 2. The van der Waals surface area contributed by atoms with Crippen LogP contribution >= 0.6 is 0 Å². The number of amides is 1. The van der Waals surface area contributed by atoms with Crippen LogP contribution in [0.2, 0.25) is 0 Å². The molecule has 1 aliphatic rings. The van der Waals surface area contributed by atoms with Crippen molar-refractivity contribution >= 4 is 6.09 Å². The number of aliphatic hydroxyl groups is 1. The number of hydrogen-bond donors (Lipinski definition) is 1. The second-order valence-electron chi connectivity index (χ2n) is 7.35. The summed E-state index contributed by atoms with van der Waals surface area (Å²) in [6.07, 6.45) is 1.30. The molecule has 7 heteroatoms. The molecule has 0 aliphatic carbocycles.